The first-order chi connectivity index (χ1) is 5.65. The van der Waals surface area contributed by atoms with E-state index in [1.165, 1.54) is 0 Å². The summed E-state index contributed by atoms with van der Waals surface area (Å²) in [5, 5.41) is 10.4. The Morgan fingerprint density at radius 3 is 2.75 bits per heavy atom. The second-order valence-electron chi connectivity index (χ2n) is 3.13. The molecular formula is C9H13NO2. The van der Waals surface area contributed by atoms with Crippen molar-refractivity contribution in [1.29, 1.82) is 0 Å². The lowest BCUT2D eigenvalue weighted by Gasteiger charge is -2.04. The van der Waals surface area contributed by atoms with Crippen LogP contribution in [0.4, 0.5) is 0 Å². The topological polar surface area (TPSA) is 43.1 Å². The van der Waals surface area contributed by atoms with Gasteiger partial charge in [0, 0.05) is 18.1 Å². The van der Waals surface area contributed by atoms with Crippen molar-refractivity contribution in [1.82, 2.24) is 0 Å². The molecule has 0 fully saturated rings. The van der Waals surface area contributed by atoms with Gasteiger partial charge in [0.05, 0.1) is 4.92 Å². The quantitative estimate of drug-likeness (QED) is 0.478. The molecule has 0 aromatic carbocycles. The van der Waals surface area contributed by atoms with Crippen LogP contribution >= 0.6 is 0 Å². The van der Waals surface area contributed by atoms with Crippen molar-refractivity contribution >= 4 is 0 Å². The van der Waals surface area contributed by atoms with Crippen LogP contribution in [-0.2, 0) is 0 Å². The van der Waals surface area contributed by atoms with Crippen LogP contribution in [0, 0.1) is 16.0 Å². The molecule has 1 aliphatic rings. The molecule has 0 aromatic heterocycles. The van der Waals surface area contributed by atoms with Crippen LogP contribution in [0.3, 0.4) is 0 Å². The van der Waals surface area contributed by atoms with E-state index in [4.69, 9.17) is 0 Å². The summed E-state index contributed by atoms with van der Waals surface area (Å²) in [5.41, 5.74) is 1.37. The SMILES string of the molecule is CCCC1C=C([N+](=O)[O-])C=C1C. The van der Waals surface area contributed by atoms with Crippen LogP contribution in [0.2, 0.25) is 0 Å². The molecule has 66 valence electrons. The summed E-state index contributed by atoms with van der Waals surface area (Å²) >= 11 is 0. The highest BCUT2D eigenvalue weighted by molar-refractivity contribution is 5.30. The number of hydrogen-bond acceptors (Lipinski definition) is 2. The first-order valence-electron chi connectivity index (χ1n) is 4.19. The normalized spacial score (nSPS) is 22.0. The number of allylic oxidation sites excluding steroid dienone is 3. The van der Waals surface area contributed by atoms with Gasteiger partial charge in [0.1, 0.15) is 0 Å². The summed E-state index contributed by atoms with van der Waals surface area (Å²) < 4.78 is 0. The lowest BCUT2D eigenvalue weighted by atomic mass is 9.99. The van der Waals surface area contributed by atoms with E-state index in [2.05, 4.69) is 6.92 Å². The molecular weight excluding hydrogens is 154 g/mol. The fourth-order valence-electron chi connectivity index (χ4n) is 1.46. The molecule has 1 unspecified atom stereocenters. The Hall–Kier alpha value is -1.12. The average Bonchev–Trinajstić information content (AvgIpc) is 2.34. The van der Waals surface area contributed by atoms with E-state index in [-0.39, 0.29) is 10.6 Å². The number of hydrogen-bond donors (Lipinski definition) is 0. The zero-order chi connectivity index (χ0) is 9.14. The monoisotopic (exact) mass is 167 g/mol. The number of nitrogens with zero attached hydrogens (tertiary/aromatic N) is 1. The Bertz CT molecular complexity index is 253. The third-order valence-electron chi connectivity index (χ3n) is 2.14. The molecule has 3 nitrogen and oxygen atoms in total. The van der Waals surface area contributed by atoms with E-state index in [1.54, 1.807) is 12.2 Å². The summed E-state index contributed by atoms with van der Waals surface area (Å²) in [6, 6.07) is 0. The minimum Gasteiger partial charge on any atom is -0.258 e. The average molecular weight is 167 g/mol. The van der Waals surface area contributed by atoms with Crippen LogP contribution in [0.15, 0.2) is 23.4 Å². The van der Waals surface area contributed by atoms with Crippen LogP contribution in [0.25, 0.3) is 0 Å². The van der Waals surface area contributed by atoms with E-state index in [0.717, 1.165) is 18.4 Å². The Kier molecular flexibility index (Phi) is 2.63. The maximum Gasteiger partial charge on any atom is 0.266 e. The molecule has 0 saturated heterocycles. The molecule has 0 spiro atoms. The molecule has 0 heterocycles. The highest BCUT2D eigenvalue weighted by Gasteiger charge is 2.21. The predicted octanol–water partition coefficient (Wildman–Crippen LogP) is 2.52. The lowest BCUT2D eigenvalue weighted by Crippen LogP contribution is -1.95. The van der Waals surface area contributed by atoms with Gasteiger partial charge < -0.3 is 0 Å². The summed E-state index contributed by atoms with van der Waals surface area (Å²) in [6.07, 6.45) is 5.50. The van der Waals surface area contributed by atoms with E-state index in [9.17, 15) is 10.1 Å². The Morgan fingerprint density at radius 2 is 2.33 bits per heavy atom. The fraction of sp³-hybridized carbons (Fsp3) is 0.556. The van der Waals surface area contributed by atoms with Crippen molar-refractivity contribution in [3.05, 3.63) is 33.5 Å². The maximum atomic E-state index is 10.4. The summed E-state index contributed by atoms with van der Waals surface area (Å²) in [6.45, 7) is 4.04. The van der Waals surface area contributed by atoms with Crippen LogP contribution in [0.1, 0.15) is 26.7 Å². The fourth-order valence-corrected chi connectivity index (χ4v) is 1.46. The van der Waals surface area contributed by atoms with Gasteiger partial charge >= 0.3 is 0 Å². The molecule has 0 aromatic rings. The zero-order valence-electron chi connectivity index (χ0n) is 7.41. The summed E-state index contributed by atoms with van der Waals surface area (Å²) in [4.78, 5) is 10.1. The van der Waals surface area contributed by atoms with Crippen LogP contribution < -0.4 is 0 Å². The minimum absolute atomic E-state index is 0.256. The number of rotatable bonds is 3. The molecule has 0 N–H and O–H groups in total. The Morgan fingerprint density at radius 1 is 1.67 bits per heavy atom. The molecule has 1 atom stereocenters. The lowest BCUT2D eigenvalue weighted by molar-refractivity contribution is -0.418. The Balaban J connectivity index is 2.72. The predicted molar refractivity (Wildman–Crippen MR) is 47.2 cm³/mol. The molecule has 0 saturated carbocycles. The van der Waals surface area contributed by atoms with Gasteiger partial charge in [-0.1, -0.05) is 18.9 Å². The van der Waals surface area contributed by atoms with Crippen LogP contribution in [0.5, 0.6) is 0 Å². The third kappa shape index (κ3) is 1.72. The van der Waals surface area contributed by atoms with Gasteiger partial charge in [-0.25, -0.2) is 0 Å². The number of nitro groups is 1. The van der Waals surface area contributed by atoms with Crippen molar-refractivity contribution in [2.75, 3.05) is 0 Å². The first kappa shape index (κ1) is 8.97. The van der Waals surface area contributed by atoms with Gasteiger partial charge in [0.2, 0.25) is 0 Å². The van der Waals surface area contributed by atoms with E-state index < -0.39 is 0 Å². The van der Waals surface area contributed by atoms with E-state index >= 15 is 0 Å². The van der Waals surface area contributed by atoms with Crippen molar-refractivity contribution < 1.29 is 4.92 Å². The summed E-state index contributed by atoms with van der Waals surface area (Å²) in [7, 11) is 0. The highest BCUT2D eigenvalue weighted by Crippen LogP contribution is 2.27. The Labute approximate surface area is 71.9 Å². The third-order valence-corrected chi connectivity index (χ3v) is 2.14. The van der Waals surface area contributed by atoms with E-state index in [1.807, 2.05) is 6.92 Å². The minimum atomic E-state index is -0.320. The second-order valence-corrected chi connectivity index (χ2v) is 3.13. The van der Waals surface area contributed by atoms with Gasteiger partial charge in [-0.3, -0.25) is 10.1 Å². The maximum absolute atomic E-state index is 10.4. The molecule has 12 heavy (non-hydrogen) atoms. The van der Waals surface area contributed by atoms with Gasteiger partial charge in [-0.15, -0.1) is 0 Å². The highest BCUT2D eigenvalue weighted by atomic mass is 16.6. The molecule has 0 bridgehead atoms. The van der Waals surface area contributed by atoms with Crippen molar-refractivity contribution in [3.63, 3.8) is 0 Å². The molecule has 1 aliphatic carbocycles. The molecule has 3 heteroatoms. The van der Waals surface area contributed by atoms with Crippen molar-refractivity contribution in [2.24, 2.45) is 5.92 Å². The molecule has 0 amide bonds. The molecule has 0 aliphatic heterocycles. The van der Waals surface area contributed by atoms with Gasteiger partial charge in [-0.05, 0) is 13.3 Å². The smallest absolute Gasteiger partial charge is 0.258 e. The van der Waals surface area contributed by atoms with Crippen molar-refractivity contribution in [2.45, 2.75) is 26.7 Å². The van der Waals surface area contributed by atoms with Gasteiger partial charge in [0.25, 0.3) is 5.70 Å². The first-order valence-corrected chi connectivity index (χ1v) is 4.19. The summed E-state index contributed by atoms with van der Waals surface area (Å²) in [5.74, 6) is 0.301. The van der Waals surface area contributed by atoms with Gasteiger partial charge in [0.15, 0.2) is 0 Å². The van der Waals surface area contributed by atoms with Gasteiger partial charge in [-0.2, -0.15) is 0 Å². The largest absolute Gasteiger partial charge is 0.266 e. The van der Waals surface area contributed by atoms with E-state index in [0.29, 0.717) is 5.92 Å². The molecule has 0 radical (unpaired) electrons. The second kappa shape index (κ2) is 3.52. The molecule has 1 rings (SSSR count). The standard InChI is InChI=1S/C9H13NO2/c1-3-4-8-6-9(10(11)12)5-7(8)2/h5-6,8H,3-4H2,1-2H3. The van der Waals surface area contributed by atoms with Crippen LogP contribution in [-0.4, -0.2) is 4.92 Å². The van der Waals surface area contributed by atoms with Crippen molar-refractivity contribution in [3.8, 4) is 0 Å². The zero-order valence-corrected chi connectivity index (χ0v) is 7.41.